The van der Waals surface area contributed by atoms with Crippen molar-refractivity contribution in [2.75, 3.05) is 5.32 Å². The van der Waals surface area contributed by atoms with Crippen molar-refractivity contribution in [1.29, 1.82) is 0 Å². The quantitative estimate of drug-likeness (QED) is 0.485. The molecule has 0 saturated heterocycles. The molecule has 0 spiro atoms. The largest absolute Gasteiger partial charge is 0.392 e. The Labute approximate surface area is 132 Å². The van der Waals surface area contributed by atoms with Crippen LogP contribution in [0.25, 0.3) is 0 Å². The summed E-state index contributed by atoms with van der Waals surface area (Å²) >= 11 is 5.72. The Kier molecular flexibility index (Phi) is 5.73. The highest BCUT2D eigenvalue weighted by Gasteiger charge is 2.36. The summed E-state index contributed by atoms with van der Waals surface area (Å²) in [5.41, 5.74) is 4.66. The molecule has 0 aliphatic rings. The Morgan fingerprint density at radius 3 is 2.38 bits per heavy atom. The highest BCUT2D eigenvalue weighted by molar-refractivity contribution is 7.91. The Hall–Kier alpha value is -1.17. The van der Waals surface area contributed by atoms with E-state index in [1.165, 1.54) is 6.92 Å². The predicted octanol–water partition coefficient (Wildman–Crippen LogP) is 0.620. The van der Waals surface area contributed by atoms with E-state index >= 15 is 0 Å². The van der Waals surface area contributed by atoms with Crippen molar-refractivity contribution in [3.8, 4) is 0 Å². The molecule has 21 heavy (non-hydrogen) atoms. The van der Waals surface area contributed by atoms with E-state index in [0.29, 0.717) is 12.8 Å². The van der Waals surface area contributed by atoms with Crippen molar-refractivity contribution in [2.45, 2.75) is 43.5 Å². The van der Waals surface area contributed by atoms with Gasteiger partial charge in [-0.15, -0.1) is 10.2 Å². The van der Waals surface area contributed by atoms with Gasteiger partial charge in [0.2, 0.25) is 15.4 Å². The molecular weight excluding hydrogens is 334 g/mol. The molecule has 0 saturated carbocycles. The highest BCUT2D eigenvalue weighted by atomic mass is 32.2. The van der Waals surface area contributed by atoms with Crippen molar-refractivity contribution in [2.24, 2.45) is 5.73 Å². The van der Waals surface area contributed by atoms with E-state index in [0.717, 1.165) is 11.3 Å². The smallest absolute Gasteiger partial charge is 0.270 e. The van der Waals surface area contributed by atoms with Gasteiger partial charge in [0, 0.05) is 6.92 Å². The minimum Gasteiger partial charge on any atom is -0.392 e. The lowest BCUT2D eigenvalue weighted by molar-refractivity contribution is -0.114. The number of carbonyl (C=O) groups excluding carboxylic acids is 1. The summed E-state index contributed by atoms with van der Waals surface area (Å²) in [6, 6.07) is 0. The average Bonchev–Trinajstić information content (AvgIpc) is 2.84. The van der Waals surface area contributed by atoms with Gasteiger partial charge in [0.05, 0.1) is 10.5 Å². The van der Waals surface area contributed by atoms with Crippen LogP contribution < -0.4 is 15.8 Å². The van der Waals surface area contributed by atoms with Crippen molar-refractivity contribution < 1.29 is 13.2 Å². The van der Waals surface area contributed by atoms with Crippen molar-refractivity contribution >= 4 is 49.6 Å². The van der Waals surface area contributed by atoms with Gasteiger partial charge in [0.1, 0.15) is 0 Å². The molecule has 1 amide bonds. The lowest BCUT2D eigenvalue weighted by Crippen LogP contribution is -2.55. The van der Waals surface area contributed by atoms with E-state index in [1.807, 2.05) is 0 Å². The maximum atomic E-state index is 12.3. The van der Waals surface area contributed by atoms with E-state index in [2.05, 4.69) is 20.2 Å². The summed E-state index contributed by atoms with van der Waals surface area (Å²) in [5, 5.41) is 9.66. The number of thiocarbonyl (C=S) groups is 1. The topological polar surface area (TPSA) is 127 Å². The van der Waals surface area contributed by atoms with Crippen molar-refractivity contribution in [3.63, 3.8) is 0 Å². The van der Waals surface area contributed by atoms with E-state index in [4.69, 9.17) is 18.0 Å². The van der Waals surface area contributed by atoms with Crippen LogP contribution in [0.1, 0.15) is 33.6 Å². The molecule has 118 valence electrons. The van der Waals surface area contributed by atoms with Crippen LogP contribution in [-0.4, -0.2) is 35.0 Å². The third-order valence-corrected chi connectivity index (χ3v) is 6.06. The molecule has 0 radical (unpaired) electrons. The first-order chi connectivity index (χ1) is 9.66. The first kappa shape index (κ1) is 17.9. The zero-order valence-corrected chi connectivity index (χ0v) is 14.3. The van der Waals surface area contributed by atoms with Gasteiger partial charge in [-0.3, -0.25) is 4.79 Å². The Morgan fingerprint density at radius 2 is 1.95 bits per heavy atom. The average molecular weight is 351 g/mol. The number of aromatic nitrogens is 2. The second-order valence-corrected chi connectivity index (χ2v) is 7.59. The summed E-state index contributed by atoms with van der Waals surface area (Å²) in [6.07, 6.45) is 0.824. The predicted molar refractivity (Wildman–Crippen MR) is 84.6 cm³/mol. The van der Waals surface area contributed by atoms with E-state index in [-0.39, 0.29) is 20.4 Å². The molecule has 11 heteroatoms. The number of nitrogens with zero attached hydrogens (tertiary/aromatic N) is 2. The lowest BCUT2D eigenvalue weighted by atomic mass is 9.94. The molecule has 4 N–H and O–H groups in total. The number of nitrogens with one attached hydrogen (secondary N) is 2. The molecule has 0 aliphatic heterocycles. The minimum absolute atomic E-state index is 0.0719. The second-order valence-electron chi connectivity index (χ2n) is 4.31. The number of hydrogen-bond donors (Lipinski definition) is 3. The fourth-order valence-electron chi connectivity index (χ4n) is 1.61. The third-order valence-electron chi connectivity index (χ3n) is 2.93. The lowest BCUT2D eigenvalue weighted by Gasteiger charge is -2.30. The molecular formula is C10H17N5O3S3. The van der Waals surface area contributed by atoms with Gasteiger partial charge in [-0.1, -0.05) is 37.4 Å². The van der Waals surface area contributed by atoms with E-state index < -0.39 is 15.6 Å². The van der Waals surface area contributed by atoms with Crippen LogP contribution in [0.15, 0.2) is 4.34 Å². The van der Waals surface area contributed by atoms with Crippen LogP contribution in [0.3, 0.4) is 0 Å². The Morgan fingerprint density at radius 1 is 1.38 bits per heavy atom. The third kappa shape index (κ3) is 4.15. The van der Waals surface area contributed by atoms with E-state index in [9.17, 15) is 13.2 Å². The number of nitrogens with two attached hydrogens (primary N) is 1. The van der Waals surface area contributed by atoms with Gasteiger partial charge in [0.25, 0.3) is 10.0 Å². The summed E-state index contributed by atoms with van der Waals surface area (Å²) < 4.78 is 26.9. The first-order valence-electron chi connectivity index (χ1n) is 6.12. The molecule has 1 aromatic heterocycles. The number of rotatable bonds is 7. The number of amides is 1. The van der Waals surface area contributed by atoms with Crippen LogP contribution in [-0.2, 0) is 14.8 Å². The van der Waals surface area contributed by atoms with Gasteiger partial charge in [0.15, 0.2) is 0 Å². The van der Waals surface area contributed by atoms with Crippen LogP contribution in [0, 0.1) is 0 Å². The maximum Gasteiger partial charge on any atom is 0.270 e. The van der Waals surface area contributed by atoms with Gasteiger partial charge in [-0.25, -0.2) is 8.42 Å². The Balaban J connectivity index is 3.08. The zero-order valence-electron chi connectivity index (χ0n) is 11.8. The number of sulfonamides is 1. The van der Waals surface area contributed by atoms with Crippen LogP contribution in [0.5, 0.6) is 0 Å². The highest BCUT2D eigenvalue weighted by Crippen LogP contribution is 2.24. The number of hydrogen-bond acceptors (Lipinski definition) is 7. The normalized spacial score (nSPS) is 12.1. The summed E-state index contributed by atoms with van der Waals surface area (Å²) in [5.74, 6) is -0.359. The van der Waals surface area contributed by atoms with Gasteiger partial charge >= 0.3 is 0 Å². The molecule has 0 aromatic carbocycles. The SMILES string of the molecule is CCC(CC)(NS(=O)(=O)c1nnc(NC(C)=O)s1)C(N)=S. The second kappa shape index (κ2) is 6.73. The fraction of sp³-hybridized carbons (Fsp3) is 0.600. The molecule has 0 atom stereocenters. The molecule has 1 heterocycles. The standard InChI is InChI=1S/C10H17N5O3S3/c1-4-10(5-2,7(11)19)15-21(17,18)9-14-13-8(20-9)12-6(3)16/h15H,4-5H2,1-3H3,(H2,11,19)(H,12,13,16). The van der Waals surface area contributed by atoms with Crippen LogP contribution in [0.4, 0.5) is 5.13 Å². The van der Waals surface area contributed by atoms with Crippen LogP contribution in [0.2, 0.25) is 0 Å². The van der Waals surface area contributed by atoms with Gasteiger partial charge in [-0.05, 0) is 12.8 Å². The number of anilines is 1. The van der Waals surface area contributed by atoms with Gasteiger partial charge in [-0.2, -0.15) is 4.72 Å². The maximum absolute atomic E-state index is 12.3. The van der Waals surface area contributed by atoms with Crippen LogP contribution >= 0.6 is 23.6 Å². The molecule has 1 aromatic rings. The summed E-state index contributed by atoms with van der Waals surface area (Å²) in [7, 11) is -3.93. The molecule has 0 bridgehead atoms. The molecule has 0 aliphatic carbocycles. The molecule has 8 nitrogen and oxygen atoms in total. The van der Waals surface area contributed by atoms with Crippen molar-refractivity contribution in [1.82, 2.24) is 14.9 Å². The fourth-order valence-corrected chi connectivity index (χ4v) is 4.49. The minimum atomic E-state index is -3.93. The number of carbonyl (C=O) groups is 1. The first-order valence-corrected chi connectivity index (χ1v) is 8.82. The van der Waals surface area contributed by atoms with E-state index in [1.54, 1.807) is 13.8 Å². The summed E-state index contributed by atoms with van der Waals surface area (Å²) in [4.78, 5) is 11.0. The van der Waals surface area contributed by atoms with Gasteiger partial charge < -0.3 is 11.1 Å². The van der Waals surface area contributed by atoms with Crippen molar-refractivity contribution in [3.05, 3.63) is 0 Å². The molecule has 0 unspecified atom stereocenters. The summed E-state index contributed by atoms with van der Waals surface area (Å²) in [6.45, 7) is 4.86. The zero-order chi connectivity index (χ0) is 16.3. The monoisotopic (exact) mass is 351 g/mol. The Bertz CT molecular complexity index is 636. The molecule has 1 rings (SSSR count). The molecule has 0 fully saturated rings.